The molecule has 31 heavy (non-hydrogen) atoms. The molecule has 0 saturated heterocycles. The molecule has 3 rings (SSSR count). The van der Waals surface area contributed by atoms with Crippen molar-refractivity contribution in [1.82, 2.24) is 0 Å². The lowest BCUT2D eigenvalue weighted by atomic mass is 10.1. The second-order valence-electron chi connectivity index (χ2n) is 7.21. The predicted molar refractivity (Wildman–Crippen MR) is 117 cm³/mol. The molecule has 0 aliphatic heterocycles. The standard InChI is InChI=1S/C24H22N2O5/c1-16-8-11-18(12-9-16)15-22(27)31-23(19-6-4-3-5-7-19)24(28)25-20-13-10-17(2)14-21(20)26(29)30/h3-14,23H,15H2,1-2H3,(H,25,28)/t23-/m1/s1. The third kappa shape index (κ3) is 5.76. The molecule has 0 spiro atoms. The number of carbonyl (C=O) groups is 2. The van der Waals surface area contributed by atoms with Crippen molar-refractivity contribution in [2.75, 3.05) is 5.32 Å². The molecule has 3 aromatic rings. The lowest BCUT2D eigenvalue weighted by Gasteiger charge is -2.18. The van der Waals surface area contributed by atoms with Crippen LogP contribution in [0.4, 0.5) is 11.4 Å². The summed E-state index contributed by atoms with van der Waals surface area (Å²) in [6.45, 7) is 3.67. The van der Waals surface area contributed by atoms with Crippen LogP contribution >= 0.6 is 0 Å². The molecule has 0 fully saturated rings. The van der Waals surface area contributed by atoms with Crippen LogP contribution in [0.15, 0.2) is 72.8 Å². The number of aryl methyl sites for hydroxylation is 2. The van der Waals surface area contributed by atoms with Crippen LogP contribution < -0.4 is 5.32 Å². The first-order chi connectivity index (χ1) is 14.8. The first-order valence-electron chi connectivity index (χ1n) is 9.69. The van der Waals surface area contributed by atoms with Gasteiger partial charge in [0, 0.05) is 11.6 Å². The van der Waals surface area contributed by atoms with Gasteiger partial charge in [-0.3, -0.25) is 19.7 Å². The quantitative estimate of drug-likeness (QED) is 0.341. The highest BCUT2D eigenvalue weighted by molar-refractivity contribution is 5.97. The summed E-state index contributed by atoms with van der Waals surface area (Å²) in [6.07, 6.45) is -1.25. The maximum Gasteiger partial charge on any atom is 0.311 e. The molecule has 7 nitrogen and oxygen atoms in total. The van der Waals surface area contributed by atoms with Gasteiger partial charge in [0.25, 0.3) is 11.6 Å². The number of ether oxygens (including phenoxy) is 1. The van der Waals surface area contributed by atoms with E-state index in [1.807, 2.05) is 31.2 Å². The zero-order chi connectivity index (χ0) is 22.4. The molecule has 0 saturated carbocycles. The van der Waals surface area contributed by atoms with Crippen LogP contribution in [0.25, 0.3) is 0 Å². The van der Waals surface area contributed by atoms with Crippen molar-refractivity contribution in [2.24, 2.45) is 0 Å². The summed E-state index contributed by atoms with van der Waals surface area (Å²) in [7, 11) is 0. The minimum absolute atomic E-state index is 0.00156. The summed E-state index contributed by atoms with van der Waals surface area (Å²) in [4.78, 5) is 36.3. The van der Waals surface area contributed by atoms with Crippen molar-refractivity contribution >= 4 is 23.3 Å². The smallest absolute Gasteiger partial charge is 0.311 e. The Morgan fingerprint density at radius 1 is 0.968 bits per heavy atom. The lowest BCUT2D eigenvalue weighted by Crippen LogP contribution is -2.26. The van der Waals surface area contributed by atoms with Crippen LogP contribution in [0.2, 0.25) is 0 Å². The number of hydrogen-bond acceptors (Lipinski definition) is 5. The molecule has 3 aromatic carbocycles. The Morgan fingerprint density at radius 2 is 1.61 bits per heavy atom. The van der Waals surface area contributed by atoms with E-state index in [1.165, 1.54) is 12.1 Å². The number of esters is 1. The largest absolute Gasteiger partial charge is 0.447 e. The highest BCUT2D eigenvalue weighted by Crippen LogP contribution is 2.28. The number of amides is 1. The molecule has 0 aliphatic rings. The van der Waals surface area contributed by atoms with Crippen LogP contribution in [0.3, 0.4) is 0 Å². The summed E-state index contributed by atoms with van der Waals surface area (Å²) >= 11 is 0. The monoisotopic (exact) mass is 418 g/mol. The van der Waals surface area contributed by atoms with Gasteiger partial charge in [-0.05, 0) is 31.0 Å². The third-order valence-electron chi connectivity index (χ3n) is 4.67. The molecule has 0 aliphatic carbocycles. The van der Waals surface area contributed by atoms with Gasteiger partial charge in [0.2, 0.25) is 6.10 Å². The summed E-state index contributed by atoms with van der Waals surface area (Å²) in [5.41, 5.74) is 2.79. The van der Waals surface area contributed by atoms with Gasteiger partial charge in [-0.2, -0.15) is 0 Å². The topological polar surface area (TPSA) is 98.5 Å². The van der Waals surface area contributed by atoms with E-state index in [0.29, 0.717) is 11.1 Å². The van der Waals surface area contributed by atoms with E-state index in [9.17, 15) is 19.7 Å². The number of nitrogens with one attached hydrogen (secondary N) is 1. The van der Waals surface area contributed by atoms with Crippen LogP contribution in [0.5, 0.6) is 0 Å². The molecule has 0 radical (unpaired) electrons. The fraction of sp³-hybridized carbons (Fsp3) is 0.167. The summed E-state index contributed by atoms with van der Waals surface area (Å²) in [5.74, 6) is -1.25. The van der Waals surface area contributed by atoms with E-state index in [1.54, 1.807) is 43.3 Å². The molecule has 1 N–H and O–H groups in total. The van der Waals surface area contributed by atoms with Gasteiger partial charge in [-0.15, -0.1) is 0 Å². The Balaban J connectivity index is 1.82. The number of hydrogen-bond donors (Lipinski definition) is 1. The van der Waals surface area contributed by atoms with Crippen LogP contribution in [0, 0.1) is 24.0 Å². The number of nitrogens with zero attached hydrogens (tertiary/aromatic N) is 1. The average Bonchev–Trinajstić information content (AvgIpc) is 2.75. The molecule has 1 amide bonds. The third-order valence-corrected chi connectivity index (χ3v) is 4.67. The highest BCUT2D eigenvalue weighted by atomic mass is 16.6. The number of rotatable bonds is 7. The zero-order valence-corrected chi connectivity index (χ0v) is 17.2. The first kappa shape index (κ1) is 21.7. The Kier molecular flexibility index (Phi) is 6.77. The molecule has 7 heteroatoms. The second-order valence-corrected chi connectivity index (χ2v) is 7.21. The van der Waals surface area contributed by atoms with Crippen LogP contribution in [-0.2, 0) is 20.7 Å². The Labute approximate surface area is 179 Å². The van der Waals surface area contributed by atoms with Crippen molar-refractivity contribution < 1.29 is 19.2 Å². The highest BCUT2D eigenvalue weighted by Gasteiger charge is 2.27. The zero-order valence-electron chi connectivity index (χ0n) is 17.2. The van der Waals surface area contributed by atoms with E-state index in [-0.39, 0.29) is 17.8 Å². The van der Waals surface area contributed by atoms with E-state index < -0.39 is 22.9 Å². The number of nitro groups is 1. The number of carbonyl (C=O) groups excluding carboxylic acids is 2. The summed E-state index contributed by atoms with van der Waals surface area (Å²) in [5, 5.41) is 13.9. The number of benzene rings is 3. The Hall–Kier alpha value is -4.00. The molecule has 0 aromatic heterocycles. The molecule has 1 atom stereocenters. The van der Waals surface area contributed by atoms with E-state index in [0.717, 1.165) is 11.1 Å². The summed E-state index contributed by atoms with van der Waals surface area (Å²) in [6, 6.07) is 20.4. The van der Waals surface area contributed by atoms with Gasteiger partial charge in [-0.25, -0.2) is 0 Å². The maximum atomic E-state index is 13.0. The molecular weight excluding hydrogens is 396 g/mol. The fourth-order valence-corrected chi connectivity index (χ4v) is 3.04. The van der Waals surface area contributed by atoms with Gasteiger partial charge >= 0.3 is 5.97 Å². The Bertz CT molecular complexity index is 1090. The maximum absolute atomic E-state index is 13.0. The fourth-order valence-electron chi connectivity index (χ4n) is 3.04. The van der Waals surface area contributed by atoms with Gasteiger partial charge in [0.15, 0.2) is 0 Å². The summed E-state index contributed by atoms with van der Waals surface area (Å²) < 4.78 is 5.51. The second kappa shape index (κ2) is 9.67. The van der Waals surface area contributed by atoms with Crippen molar-refractivity contribution in [2.45, 2.75) is 26.4 Å². The SMILES string of the molecule is Cc1ccc(CC(=O)O[C@@H](C(=O)Nc2ccc(C)cc2[N+](=O)[O-])c2ccccc2)cc1. The molecule has 0 unspecified atom stereocenters. The molecule has 0 heterocycles. The minimum atomic E-state index is -1.25. The van der Waals surface area contributed by atoms with Crippen LogP contribution in [0.1, 0.15) is 28.4 Å². The normalized spacial score (nSPS) is 11.4. The van der Waals surface area contributed by atoms with Crippen molar-refractivity contribution in [1.29, 1.82) is 0 Å². The van der Waals surface area contributed by atoms with Gasteiger partial charge in [0.1, 0.15) is 5.69 Å². The van der Waals surface area contributed by atoms with Gasteiger partial charge < -0.3 is 10.1 Å². The van der Waals surface area contributed by atoms with Crippen molar-refractivity contribution in [3.05, 3.63) is 105 Å². The van der Waals surface area contributed by atoms with E-state index in [4.69, 9.17) is 4.74 Å². The molecule has 0 bridgehead atoms. The first-order valence-corrected chi connectivity index (χ1v) is 9.69. The predicted octanol–water partition coefficient (Wildman–Crippen LogP) is 4.68. The molecular formula is C24H22N2O5. The van der Waals surface area contributed by atoms with E-state index >= 15 is 0 Å². The van der Waals surface area contributed by atoms with Crippen LogP contribution in [-0.4, -0.2) is 16.8 Å². The minimum Gasteiger partial charge on any atom is -0.447 e. The number of nitro benzene ring substituents is 1. The number of anilines is 1. The van der Waals surface area contributed by atoms with Gasteiger partial charge in [0.05, 0.1) is 11.3 Å². The van der Waals surface area contributed by atoms with Crippen molar-refractivity contribution in [3.8, 4) is 0 Å². The van der Waals surface area contributed by atoms with Gasteiger partial charge in [-0.1, -0.05) is 66.2 Å². The molecule has 158 valence electrons. The Morgan fingerprint density at radius 3 is 2.26 bits per heavy atom. The van der Waals surface area contributed by atoms with E-state index in [2.05, 4.69) is 5.32 Å². The lowest BCUT2D eigenvalue weighted by molar-refractivity contribution is -0.384. The average molecular weight is 418 g/mol. The van der Waals surface area contributed by atoms with Crippen molar-refractivity contribution in [3.63, 3.8) is 0 Å².